The summed E-state index contributed by atoms with van der Waals surface area (Å²) in [5, 5.41) is 2.72. The molecule has 0 atom stereocenters. The molecule has 0 aliphatic rings. The summed E-state index contributed by atoms with van der Waals surface area (Å²) in [4.78, 5) is 16.1. The minimum Gasteiger partial charge on any atom is -0.322 e. The summed E-state index contributed by atoms with van der Waals surface area (Å²) in [5.41, 5.74) is 3.44. The number of aromatic nitrogens is 1. The predicted octanol–water partition coefficient (Wildman–Crippen LogP) is 3.75. The quantitative estimate of drug-likeness (QED) is 0.704. The number of benzene rings is 2. The van der Waals surface area contributed by atoms with E-state index in [9.17, 15) is 13.2 Å². The Bertz CT molecular complexity index is 1040. The molecule has 0 aliphatic carbocycles. The molecule has 3 rings (SSSR count). The number of hydrogen-bond acceptors (Lipinski definition) is 4. The number of sulfonamides is 1. The van der Waals surface area contributed by atoms with E-state index >= 15 is 0 Å². The second-order valence-electron chi connectivity index (χ2n) is 6.20. The molecule has 0 aliphatic heterocycles. The van der Waals surface area contributed by atoms with E-state index in [1.807, 2.05) is 19.9 Å². The highest BCUT2D eigenvalue weighted by Gasteiger charge is 2.15. The second kappa shape index (κ2) is 7.59. The number of amides is 1. The van der Waals surface area contributed by atoms with Crippen LogP contribution in [0.5, 0.6) is 0 Å². The molecule has 0 fully saturated rings. The number of anilines is 2. The molecular formula is C20H19N3O3S. The van der Waals surface area contributed by atoms with E-state index in [-0.39, 0.29) is 10.8 Å². The molecule has 2 N–H and O–H groups in total. The zero-order valence-electron chi connectivity index (χ0n) is 14.9. The van der Waals surface area contributed by atoms with Crippen LogP contribution in [0.15, 0.2) is 71.9 Å². The van der Waals surface area contributed by atoms with Crippen LogP contribution in [-0.4, -0.2) is 19.3 Å². The van der Waals surface area contributed by atoms with Crippen molar-refractivity contribution in [3.8, 4) is 0 Å². The average molecular weight is 381 g/mol. The van der Waals surface area contributed by atoms with E-state index in [4.69, 9.17) is 0 Å². The average Bonchev–Trinajstić information content (AvgIpc) is 2.61. The lowest BCUT2D eigenvalue weighted by Crippen LogP contribution is -2.14. The van der Waals surface area contributed by atoms with Crippen LogP contribution < -0.4 is 10.0 Å². The highest BCUT2D eigenvalue weighted by molar-refractivity contribution is 7.92. The maximum atomic E-state index is 12.6. The maximum absolute atomic E-state index is 12.6. The Labute approximate surface area is 158 Å². The largest absolute Gasteiger partial charge is 0.322 e. The van der Waals surface area contributed by atoms with Crippen molar-refractivity contribution in [2.24, 2.45) is 0 Å². The van der Waals surface area contributed by atoms with Crippen LogP contribution in [0.25, 0.3) is 0 Å². The number of carbonyl (C=O) groups excluding carboxylic acids is 1. The molecule has 1 heterocycles. The van der Waals surface area contributed by atoms with Gasteiger partial charge >= 0.3 is 0 Å². The molecular weight excluding hydrogens is 362 g/mol. The topological polar surface area (TPSA) is 88.2 Å². The van der Waals surface area contributed by atoms with E-state index in [0.29, 0.717) is 16.9 Å². The molecule has 0 saturated heterocycles. The Morgan fingerprint density at radius 2 is 1.44 bits per heavy atom. The third-order valence-corrected chi connectivity index (χ3v) is 5.24. The number of hydrogen-bond donors (Lipinski definition) is 2. The normalized spacial score (nSPS) is 11.0. The van der Waals surface area contributed by atoms with Gasteiger partial charge in [0.05, 0.1) is 4.90 Å². The van der Waals surface area contributed by atoms with Crippen molar-refractivity contribution in [2.75, 3.05) is 10.0 Å². The van der Waals surface area contributed by atoms with Gasteiger partial charge in [0, 0.05) is 29.3 Å². The minimum atomic E-state index is -3.72. The van der Waals surface area contributed by atoms with Gasteiger partial charge in [-0.15, -0.1) is 0 Å². The van der Waals surface area contributed by atoms with Gasteiger partial charge in [-0.05, 0) is 73.5 Å². The first-order chi connectivity index (χ1) is 12.8. The van der Waals surface area contributed by atoms with E-state index in [2.05, 4.69) is 15.0 Å². The zero-order chi connectivity index (χ0) is 19.4. The minimum absolute atomic E-state index is 0.114. The van der Waals surface area contributed by atoms with Crippen molar-refractivity contribution < 1.29 is 13.2 Å². The van der Waals surface area contributed by atoms with Crippen LogP contribution in [0, 0.1) is 13.8 Å². The number of nitrogens with zero attached hydrogens (tertiary/aromatic N) is 1. The van der Waals surface area contributed by atoms with Gasteiger partial charge < -0.3 is 5.32 Å². The SMILES string of the molecule is Cc1cc(C)cc(NS(=O)(=O)c2ccc(NC(=O)c3ccncc3)cc2)c1. The number of pyridine rings is 1. The number of rotatable bonds is 5. The number of nitrogens with one attached hydrogen (secondary N) is 2. The number of carbonyl (C=O) groups is 1. The maximum Gasteiger partial charge on any atom is 0.261 e. The summed E-state index contributed by atoms with van der Waals surface area (Å²) in [5.74, 6) is -0.290. The Kier molecular flexibility index (Phi) is 5.23. The van der Waals surface area contributed by atoms with Crippen molar-refractivity contribution in [3.63, 3.8) is 0 Å². The summed E-state index contributed by atoms with van der Waals surface area (Å²) in [6.45, 7) is 3.82. The first-order valence-electron chi connectivity index (χ1n) is 8.26. The molecule has 0 spiro atoms. The van der Waals surface area contributed by atoms with Gasteiger partial charge in [-0.25, -0.2) is 8.42 Å². The van der Waals surface area contributed by atoms with Gasteiger partial charge in [-0.2, -0.15) is 0 Å². The van der Waals surface area contributed by atoms with Crippen molar-refractivity contribution >= 4 is 27.3 Å². The molecule has 6 nitrogen and oxygen atoms in total. The Hall–Kier alpha value is -3.19. The first kappa shape index (κ1) is 18.6. The second-order valence-corrected chi connectivity index (χ2v) is 7.88. The predicted molar refractivity (Wildman–Crippen MR) is 105 cm³/mol. The van der Waals surface area contributed by atoms with E-state index < -0.39 is 10.0 Å². The van der Waals surface area contributed by atoms with Crippen molar-refractivity contribution in [3.05, 3.63) is 83.7 Å². The number of aryl methyl sites for hydroxylation is 2. The molecule has 2 aromatic carbocycles. The van der Waals surface area contributed by atoms with Crippen LogP contribution in [0.3, 0.4) is 0 Å². The van der Waals surface area contributed by atoms with Crippen LogP contribution in [0.1, 0.15) is 21.5 Å². The van der Waals surface area contributed by atoms with Gasteiger partial charge in [0.15, 0.2) is 0 Å². The lowest BCUT2D eigenvalue weighted by Gasteiger charge is -2.11. The van der Waals surface area contributed by atoms with Crippen molar-refractivity contribution in [1.82, 2.24) is 4.98 Å². The summed E-state index contributed by atoms with van der Waals surface area (Å²) >= 11 is 0. The molecule has 0 saturated carbocycles. The molecule has 27 heavy (non-hydrogen) atoms. The molecule has 0 radical (unpaired) electrons. The third-order valence-electron chi connectivity index (χ3n) is 3.84. The molecule has 7 heteroatoms. The summed E-state index contributed by atoms with van der Waals surface area (Å²) in [6, 6.07) is 14.7. The van der Waals surface area contributed by atoms with Gasteiger partial charge in [-0.3, -0.25) is 14.5 Å². The molecule has 0 bridgehead atoms. The molecule has 1 aromatic heterocycles. The van der Waals surface area contributed by atoms with Gasteiger partial charge in [0.2, 0.25) is 0 Å². The van der Waals surface area contributed by atoms with Crippen molar-refractivity contribution in [1.29, 1.82) is 0 Å². The fourth-order valence-corrected chi connectivity index (χ4v) is 3.71. The Morgan fingerprint density at radius 3 is 2.04 bits per heavy atom. The Balaban J connectivity index is 1.75. The fraction of sp³-hybridized carbons (Fsp3) is 0.100. The van der Waals surface area contributed by atoms with E-state index in [0.717, 1.165) is 11.1 Å². The van der Waals surface area contributed by atoms with E-state index in [1.165, 1.54) is 24.5 Å². The van der Waals surface area contributed by atoms with Crippen LogP contribution in [-0.2, 0) is 10.0 Å². The summed E-state index contributed by atoms with van der Waals surface area (Å²) in [6.07, 6.45) is 3.06. The Morgan fingerprint density at radius 1 is 0.852 bits per heavy atom. The van der Waals surface area contributed by atoms with Crippen LogP contribution >= 0.6 is 0 Å². The molecule has 1 amide bonds. The first-order valence-corrected chi connectivity index (χ1v) is 9.74. The van der Waals surface area contributed by atoms with Crippen molar-refractivity contribution in [2.45, 2.75) is 18.7 Å². The smallest absolute Gasteiger partial charge is 0.261 e. The highest BCUT2D eigenvalue weighted by Crippen LogP contribution is 2.20. The zero-order valence-corrected chi connectivity index (χ0v) is 15.7. The van der Waals surface area contributed by atoms with Crippen LogP contribution in [0.2, 0.25) is 0 Å². The molecule has 138 valence electrons. The fourth-order valence-electron chi connectivity index (χ4n) is 2.67. The lowest BCUT2D eigenvalue weighted by atomic mass is 10.1. The summed E-state index contributed by atoms with van der Waals surface area (Å²) < 4.78 is 27.7. The standard InChI is InChI=1S/C20H19N3O3S/c1-14-11-15(2)13-18(12-14)23-27(25,26)19-5-3-17(4-6-19)22-20(24)16-7-9-21-10-8-16/h3-13,23H,1-2H3,(H,22,24). The van der Waals surface area contributed by atoms with Gasteiger partial charge in [0.25, 0.3) is 15.9 Å². The molecule has 3 aromatic rings. The van der Waals surface area contributed by atoms with Gasteiger partial charge in [0.1, 0.15) is 0 Å². The lowest BCUT2D eigenvalue weighted by molar-refractivity contribution is 0.102. The third kappa shape index (κ3) is 4.71. The monoisotopic (exact) mass is 381 g/mol. The highest BCUT2D eigenvalue weighted by atomic mass is 32.2. The molecule has 0 unspecified atom stereocenters. The summed E-state index contributed by atoms with van der Waals surface area (Å²) in [7, 11) is -3.72. The van der Waals surface area contributed by atoms with Crippen LogP contribution in [0.4, 0.5) is 11.4 Å². The van der Waals surface area contributed by atoms with E-state index in [1.54, 1.807) is 36.4 Å². The van der Waals surface area contributed by atoms with Gasteiger partial charge in [-0.1, -0.05) is 6.07 Å².